The summed E-state index contributed by atoms with van der Waals surface area (Å²) < 4.78 is 8.81. The topological polar surface area (TPSA) is 88.3 Å². The minimum Gasteiger partial charge on any atom is -0.490 e. The third-order valence-corrected chi connectivity index (χ3v) is 8.69. The molecule has 1 atom stereocenters. The molecule has 8 heteroatoms. The lowest BCUT2D eigenvalue weighted by molar-refractivity contribution is -0.141. The lowest BCUT2D eigenvalue weighted by atomic mass is 9.98. The number of pyridine rings is 1. The molecule has 190 valence electrons. The molecule has 37 heavy (non-hydrogen) atoms. The summed E-state index contributed by atoms with van der Waals surface area (Å²) >= 11 is 1.40. The van der Waals surface area contributed by atoms with E-state index >= 15 is 0 Å². The highest BCUT2D eigenvalue weighted by molar-refractivity contribution is 7.24. The lowest BCUT2D eigenvalue weighted by Gasteiger charge is -2.23. The van der Waals surface area contributed by atoms with Crippen LogP contribution >= 0.6 is 11.3 Å². The number of aromatic nitrogens is 1. The third-order valence-electron chi connectivity index (χ3n) is 7.53. The molecule has 7 nitrogen and oxygen atoms in total. The molecule has 1 aliphatic carbocycles. The van der Waals surface area contributed by atoms with E-state index in [-0.39, 0.29) is 24.1 Å². The van der Waals surface area contributed by atoms with Gasteiger partial charge >= 0.3 is 5.97 Å². The highest BCUT2D eigenvalue weighted by Crippen LogP contribution is 2.34. The number of hydrogen-bond donors (Lipinski definition) is 1. The Kier molecular flexibility index (Phi) is 6.20. The Morgan fingerprint density at radius 1 is 0.973 bits per heavy atom. The van der Waals surface area contributed by atoms with Crippen LogP contribution in [0.15, 0.2) is 59.4 Å². The average Bonchev–Trinajstić information content (AvgIpc) is 3.56. The van der Waals surface area contributed by atoms with Crippen LogP contribution in [-0.2, 0) is 4.79 Å². The van der Waals surface area contributed by atoms with Crippen LogP contribution in [0.1, 0.15) is 48.9 Å². The van der Waals surface area contributed by atoms with Gasteiger partial charge in [0.15, 0.2) is 0 Å². The van der Waals surface area contributed by atoms with Gasteiger partial charge in [0.2, 0.25) is 0 Å². The van der Waals surface area contributed by atoms with E-state index in [2.05, 4.69) is 0 Å². The van der Waals surface area contributed by atoms with Gasteiger partial charge < -0.3 is 14.7 Å². The molecule has 2 fully saturated rings. The van der Waals surface area contributed by atoms with E-state index in [1.807, 2.05) is 48.5 Å². The number of hydrogen-bond acceptors (Lipinski definition) is 5. The number of carboxylic acid groups (broad SMARTS) is 1. The number of fused-ring (bicyclic) bond motifs is 3. The Bertz CT molecular complexity index is 1550. The van der Waals surface area contributed by atoms with Gasteiger partial charge in [-0.05, 0) is 55.9 Å². The van der Waals surface area contributed by atoms with E-state index in [9.17, 15) is 19.5 Å². The standard InChI is InChI=1S/C29H28N2O5S/c32-26(30-14-13-19(17-30)29(34)35)23-16-22(18-7-3-1-4-8-18)27(33)31-24-15-21(11-12-25(24)37-28(23)31)36-20-9-5-2-6-10-20/h1,3-4,7-8,11-12,15-16,19-20H,2,5-6,9-10,13-14,17H2,(H,34,35). The molecule has 1 aliphatic heterocycles. The number of amides is 1. The van der Waals surface area contributed by atoms with Crippen molar-refractivity contribution in [3.63, 3.8) is 0 Å². The molecule has 2 aliphatic rings. The van der Waals surface area contributed by atoms with Crippen molar-refractivity contribution in [3.05, 3.63) is 70.5 Å². The van der Waals surface area contributed by atoms with Crippen LogP contribution in [0, 0.1) is 5.92 Å². The summed E-state index contributed by atoms with van der Waals surface area (Å²) in [4.78, 5) is 41.3. The van der Waals surface area contributed by atoms with Crippen molar-refractivity contribution in [2.45, 2.75) is 44.6 Å². The number of ether oxygens (including phenoxy) is 1. The molecule has 0 spiro atoms. The molecule has 4 aromatic rings. The predicted molar refractivity (Wildman–Crippen MR) is 144 cm³/mol. The van der Waals surface area contributed by atoms with Gasteiger partial charge in [0.1, 0.15) is 10.6 Å². The quantitative estimate of drug-likeness (QED) is 0.382. The van der Waals surface area contributed by atoms with Crippen molar-refractivity contribution in [1.82, 2.24) is 9.30 Å². The first kappa shape index (κ1) is 23.7. The summed E-state index contributed by atoms with van der Waals surface area (Å²) in [7, 11) is 0. The largest absolute Gasteiger partial charge is 0.490 e. The van der Waals surface area contributed by atoms with Gasteiger partial charge in [-0.1, -0.05) is 36.8 Å². The Labute approximate surface area is 217 Å². The van der Waals surface area contributed by atoms with Crippen LogP contribution < -0.4 is 10.3 Å². The van der Waals surface area contributed by atoms with Crippen LogP contribution in [0.3, 0.4) is 0 Å². The van der Waals surface area contributed by atoms with Gasteiger partial charge in [-0.15, -0.1) is 11.3 Å². The lowest BCUT2D eigenvalue weighted by Crippen LogP contribution is -2.31. The Morgan fingerprint density at radius 3 is 2.49 bits per heavy atom. The first-order valence-corrected chi connectivity index (χ1v) is 13.7. The molecule has 2 aromatic heterocycles. The molecule has 1 amide bonds. The predicted octanol–water partition coefficient (Wildman–Crippen LogP) is 5.44. The van der Waals surface area contributed by atoms with Crippen molar-refractivity contribution in [2.75, 3.05) is 13.1 Å². The maximum atomic E-state index is 13.9. The van der Waals surface area contributed by atoms with Crippen LogP contribution in [0.4, 0.5) is 0 Å². The third kappa shape index (κ3) is 4.39. The van der Waals surface area contributed by atoms with E-state index in [4.69, 9.17) is 4.74 Å². The molecular formula is C29H28N2O5S. The first-order valence-electron chi connectivity index (χ1n) is 12.9. The second kappa shape index (κ2) is 9.67. The zero-order chi connectivity index (χ0) is 25.5. The number of carbonyl (C=O) groups is 2. The Balaban J connectivity index is 1.50. The van der Waals surface area contributed by atoms with Gasteiger partial charge in [-0.2, -0.15) is 0 Å². The fourth-order valence-electron chi connectivity index (χ4n) is 5.53. The van der Waals surface area contributed by atoms with Crippen molar-refractivity contribution in [2.24, 2.45) is 5.92 Å². The molecule has 1 saturated carbocycles. The van der Waals surface area contributed by atoms with E-state index < -0.39 is 11.9 Å². The maximum absolute atomic E-state index is 13.9. The average molecular weight is 517 g/mol. The van der Waals surface area contributed by atoms with Gasteiger partial charge in [0.25, 0.3) is 11.5 Å². The summed E-state index contributed by atoms with van der Waals surface area (Å²) in [6, 6.07) is 16.8. The van der Waals surface area contributed by atoms with Gasteiger partial charge in [0, 0.05) is 24.7 Å². The number of thiazole rings is 1. The van der Waals surface area contributed by atoms with Gasteiger partial charge in [-0.25, -0.2) is 0 Å². The second-order valence-electron chi connectivity index (χ2n) is 9.97. The number of carboxylic acids is 1. The molecular weight excluding hydrogens is 488 g/mol. The van der Waals surface area contributed by atoms with E-state index in [0.29, 0.717) is 28.9 Å². The molecule has 0 bridgehead atoms. The summed E-state index contributed by atoms with van der Waals surface area (Å²) in [5.41, 5.74) is 2.11. The normalized spacial score (nSPS) is 18.5. The van der Waals surface area contributed by atoms with Crippen LogP contribution in [0.5, 0.6) is 5.75 Å². The summed E-state index contributed by atoms with van der Waals surface area (Å²) in [6.45, 7) is 0.552. The SMILES string of the molecule is O=C(O)C1CCN(C(=O)c2cc(-c3ccccc3)c(=O)n3c2sc2ccc(OC4CCCCC4)cc23)C1. The van der Waals surface area contributed by atoms with Crippen molar-refractivity contribution >= 4 is 38.3 Å². The van der Waals surface area contributed by atoms with Crippen LogP contribution in [-0.4, -0.2) is 45.5 Å². The second-order valence-corrected chi connectivity index (χ2v) is 11.0. The van der Waals surface area contributed by atoms with Crippen molar-refractivity contribution < 1.29 is 19.4 Å². The molecule has 2 aromatic carbocycles. The van der Waals surface area contributed by atoms with Crippen LogP contribution in [0.2, 0.25) is 0 Å². The zero-order valence-electron chi connectivity index (χ0n) is 20.4. The highest BCUT2D eigenvalue weighted by atomic mass is 32.1. The smallest absolute Gasteiger partial charge is 0.308 e. The fourth-order valence-corrected chi connectivity index (χ4v) is 6.65. The number of aliphatic carboxylic acids is 1. The minimum absolute atomic E-state index is 0.171. The molecule has 1 N–H and O–H groups in total. The number of carbonyl (C=O) groups excluding carboxylic acids is 1. The minimum atomic E-state index is -0.887. The molecule has 0 radical (unpaired) electrons. The highest BCUT2D eigenvalue weighted by Gasteiger charge is 2.33. The monoisotopic (exact) mass is 516 g/mol. The molecule has 1 saturated heterocycles. The van der Waals surface area contributed by atoms with E-state index in [0.717, 1.165) is 34.4 Å². The number of rotatable bonds is 5. The van der Waals surface area contributed by atoms with Gasteiger partial charge in [0.05, 0.1) is 27.8 Å². The van der Waals surface area contributed by atoms with E-state index in [1.54, 1.807) is 15.4 Å². The number of benzene rings is 2. The molecule has 6 rings (SSSR count). The molecule has 1 unspecified atom stereocenters. The molecule has 3 heterocycles. The van der Waals surface area contributed by atoms with Crippen molar-refractivity contribution in [3.8, 4) is 16.9 Å². The first-order chi connectivity index (χ1) is 18.0. The van der Waals surface area contributed by atoms with E-state index in [1.165, 1.54) is 30.6 Å². The maximum Gasteiger partial charge on any atom is 0.308 e. The van der Waals surface area contributed by atoms with Crippen molar-refractivity contribution in [1.29, 1.82) is 0 Å². The fraction of sp³-hybridized carbons (Fsp3) is 0.345. The summed E-state index contributed by atoms with van der Waals surface area (Å²) in [6.07, 6.45) is 6.25. The summed E-state index contributed by atoms with van der Waals surface area (Å²) in [5, 5.41) is 9.43. The number of nitrogens with zero attached hydrogens (tertiary/aromatic N) is 2. The summed E-state index contributed by atoms with van der Waals surface area (Å²) in [5.74, 6) is -0.972. The zero-order valence-corrected chi connectivity index (χ0v) is 21.2. The van der Waals surface area contributed by atoms with Gasteiger partial charge in [-0.3, -0.25) is 18.8 Å². The Morgan fingerprint density at radius 2 is 1.76 bits per heavy atom. The number of likely N-dealkylation sites (tertiary alicyclic amines) is 1. The Hall–Kier alpha value is -3.65. The van der Waals surface area contributed by atoms with Crippen LogP contribution in [0.25, 0.3) is 26.2 Å².